The van der Waals surface area contributed by atoms with E-state index in [0.717, 1.165) is 40.8 Å². The van der Waals surface area contributed by atoms with Gasteiger partial charge in [-0.2, -0.15) is 0 Å². The van der Waals surface area contributed by atoms with Crippen molar-refractivity contribution < 1.29 is 9.90 Å². The fourth-order valence-corrected chi connectivity index (χ4v) is 4.41. The minimum atomic E-state index is -0.806. The number of carbonyl (C=O) groups is 1. The van der Waals surface area contributed by atoms with Gasteiger partial charge in [-0.15, -0.1) is 0 Å². The molecule has 0 fully saturated rings. The van der Waals surface area contributed by atoms with Gasteiger partial charge in [0, 0.05) is 28.8 Å². The third-order valence-electron chi connectivity index (χ3n) is 4.25. The van der Waals surface area contributed by atoms with E-state index in [1.165, 1.54) is 0 Å². The summed E-state index contributed by atoms with van der Waals surface area (Å²) >= 11 is 7.10. The quantitative estimate of drug-likeness (QED) is 0.650. The highest BCUT2D eigenvalue weighted by molar-refractivity contribution is 8.22. The molecule has 0 saturated carbocycles. The van der Waals surface area contributed by atoms with Gasteiger partial charge in [0.25, 0.3) is 0 Å². The van der Waals surface area contributed by atoms with Gasteiger partial charge in [-0.3, -0.25) is 0 Å². The molecule has 0 spiro atoms. The Labute approximate surface area is 145 Å². The maximum Gasteiger partial charge on any atom is 0.326 e. The van der Waals surface area contributed by atoms with E-state index in [0.29, 0.717) is 17.3 Å². The van der Waals surface area contributed by atoms with Crippen LogP contribution < -0.4 is 0 Å². The molecule has 0 amide bonds. The minimum Gasteiger partial charge on any atom is -0.480 e. The summed E-state index contributed by atoms with van der Waals surface area (Å²) in [6, 6.07) is 7.48. The SMILES string of the molecule is CCCCSC(=S)N1Cc2[nH]c3ccccc3c2CC1C(=O)O. The maximum atomic E-state index is 11.7. The summed E-state index contributed by atoms with van der Waals surface area (Å²) < 4.78 is 0.690. The van der Waals surface area contributed by atoms with E-state index in [4.69, 9.17) is 12.2 Å². The molecule has 1 aromatic heterocycles. The Balaban J connectivity index is 1.89. The molecule has 4 nitrogen and oxygen atoms in total. The van der Waals surface area contributed by atoms with Gasteiger partial charge in [0.2, 0.25) is 0 Å². The molecule has 1 aliphatic rings. The Hall–Kier alpha value is -1.53. The van der Waals surface area contributed by atoms with Crippen molar-refractivity contribution in [2.45, 2.75) is 38.8 Å². The van der Waals surface area contributed by atoms with E-state index < -0.39 is 12.0 Å². The van der Waals surface area contributed by atoms with Gasteiger partial charge >= 0.3 is 5.97 Å². The van der Waals surface area contributed by atoms with E-state index >= 15 is 0 Å². The molecule has 2 N–H and O–H groups in total. The van der Waals surface area contributed by atoms with Gasteiger partial charge < -0.3 is 15.0 Å². The molecule has 2 heterocycles. The number of aromatic nitrogens is 1. The van der Waals surface area contributed by atoms with Crippen LogP contribution in [0.2, 0.25) is 0 Å². The topological polar surface area (TPSA) is 56.3 Å². The number of aliphatic carboxylic acids is 1. The first-order valence-corrected chi connectivity index (χ1v) is 9.26. The number of aromatic amines is 1. The highest BCUT2D eigenvalue weighted by Crippen LogP contribution is 2.32. The van der Waals surface area contributed by atoms with Gasteiger partial charge in [0.15, 0.2) is 0 Å². The van der Waals surface area contributed by atoms with Gasteiger partial charge in [-0.1, -0.05) is 55.5 Å². The van der Waals surface area contributed by atoms with Crippen molar-refractivity contribution in [2.75, 3.05) is 5.75 Å². The van der Waals surface area contributed by atoms with Crippen molar-refractivity contribution in [2.24, 2.45) is 0 Å². The Bertz CT molecular complexity index is 741. The van der Waals surface area contributed by atoms with Crippen LogP contribution in [0.4, 0.5) is 0 Å². The van der Waals surface area contributed by atoms with Gasteiger partial charge in [-0.05, 0) is 18.1 Å². The third-order valence-corrected chi connectivity index (χ3v) is 5.81. The summed E-state index contributed by atoms with van der Waals surface area (Å²) in [5.41, 5.74) is 3.26. The van der Waals surface area contributed by atoms with Crippen LogP contribution in [0.3, 0.4) is 0 Å². The number of carboxylic acids is 1. The van der Waals surface area contributed by atoms with Crippen molar-refractivity contribution in [1.82, 2.24) is 9.88 Å². The number of carboxylic acid groups (broad SMARTS) is 1. The molecule has 0 bridgehead atoms. The number of thiocarbonyl (C=S) groups is 1. The van der Waals surface area contributed by atoms with Crippen molar-refractivity contribution in [3.63, 3.8) is 0 Å². The lowest BCUT2D eigenvalue weighted by atomic mass is 9.97. The monoisotopic (exact) mass is 348 g/mol. The molecule has 0 radical (unpaired) electrons. The molecular formula is C17H20N2O2S2. The number of nitrogens with one attached hydrogen (secondary N) is 1. The van der Waals surface area contributed by atoms with Crippen LogP contribution in [-0.2, 0) is 17.8 Å². The highest BCUT2D eigenvalue weighted by atomic mass is 32.2. The van der Waals surface area contributed by atoms with Crippen molar-refractivity contribution in [3.8, 4) is 0 Å². The second-order valence-electron chi connectivity index (χ2n) is 5.78. The first-order chi connectivity index (χ1) is 11.1. The van der Waals surface area contributed by atoms with E-state index in [9.17, 15) is 9.90 Å². The average molecular weight is 348 g/mol. The van der Waals surface area contributed by atoms with Crippen LogP contribution in [0.1, 0.15) is 31.0 Å². The predicted octanol–water partition coefficient (Wildman–Crippen LogP) is 3.80. The molecule has 6 heteroatoms. The molecular weight excluding hydrogens is 328 g/mol. The number of hydrogen-bond donors (Lipinski definition) is 2. The highest BCUT2D eigenvalue weighted by Gasteiger charge is 2.34. The first kappa shape index (κ1) is 16.3. The van der Waals surface area contributed by atoms with E-state index in [1.54, 1.807) is 11.8 Å². The minimum absolute atomic E-state index is 0.489. The predicted molar refractivity (Wildman–Crippen MR) is 98.9 cm³/mol. The zero-order valence-electron chi connectivity index (χ0n) is 13.0. The van der Waals surface area contributed by atoms with Crippen LogP contribution in [0.15, 0.2) is 24.3 Å². The molecule has 1 aliphatic heterocycles. The standard InChI is InChI=1S/C17H20N2O2S2/c1-2-3-8-23-17(22)19-10-14-12(9-15(19)16(20)21)11-6-4-5-7-13(11)18-14/h4-7,15,18H,2-3,8-10H2,1H3,(H,20,21). The van der Waals surface area contributed by atoms with E-state index in [2.05, 4.69) is 11.9 Å². The molecule has 1 unspecified atom stereocenters. The van der Waals surface area contributed by atoms with Crippen LogP contribution in [0.5, 0.6) is 0 Å². The Morgan fingerprint density at radius 2 is 2.26 bits per heavy atom. The van der Waals surface area contributed by atoms with Crippen LogP contribution >= 0.6 is 24.0 Å². The fraction of sp³-hybridized carbons (Fsp3) is 0.412. The molecule has 1 atom stereocenters. The summed E-state index contributed by atoms with van der Waals surface area (Å²) in [6.07, 6.45) is 2.70. The number of nitrogens with zero attached hydrogens (tertiary/aromatic N) is 1. The Kier molecular flexibility index (Phi) is 4.92. The fourth-order valence-electron chi connectivity index (χ4n) is 3.01. The number of para-hydroxylation sites is 1. The zero-order chi connectivity index (χ0) is 16.4. The van der Waals surface area contributed by atoms with Crippen molar-refractivity contribution >= 4 is 45.2 Å². The van der Waals surface area contributed by atoms with Gasteiger partial charge in [0.1, 0.15) is 10.4 Å². The normalized spacial score (nSPS) is 17.3. The number of H-pyrrole nitrogens is 1. The van der Waals surface area contributed by atoms with Crippen molar-refractivity contribution in [3.05, 3.63) is 35.5 Å². The zero-order valence-corrected chi connectivity index (χ0v) is 14.7. The summed E-state index contributed by atoms with van der Waals surface area (Å²) in [5, 5.41) is 10.8. The smallest absolute Gasteiger partial charge is 0.326 e. The number of thioether (sulfide) groups is 1. The van der Waals surface area contributed by atoms with Gasteiger partial charge in [0.05, 0.1) is 6.54 Å². The average Bonchev–Trinajstić information content (AvgIpc) is 2.91. The lowest BCUT2D eigenvalue weighted by Gasteiger charge is -2.34. The van der Waals surface area contributed by atoms with E-state index in [1.807, 2.05) is 29.2 Å². The number of benzene rings is 1. The lowest BCUT2D eigenvalue weighted by molar-refractivity contribution is -0.142. The summed E-state index contributed by atoms with van der Waals surface area (Å²) in [5.74, 6) is 0.136. The largest absolute Gasteiger partial charge is 0.480 e. The molecule has 0 aliphatic carbocycles. The Morgan fingerprint density at radius 1 is 1.48 bits per heavy atom. The summed E-state index contributed by atoms with van der Waals surface area (Å²) in [7, 11) is 0. The second kappa shape index (κ2) is 6.93. The molecule has 3 rings (SSSR count). The molecule has 2 aromatic rings. The summed E-state index contributed by atoms with van der Waals surface area (Å²) in [6.45, 7) is 2.68. The van der Waals surface area contributed by atoms with Crippen LogP contribution in [-0.4, -0.2) is 37.1 Å². The number of unbranched alkanes of at least 4 members (excludes halogenated alkanes) is 1. The molecule has 0 saturated heterocycles. The maximum absolute atomic E-state index is 11.7. The Morgan fingerprint density at radius 3 is 3.00 bits per heavy atom. The number of fused-ring (bicyclic) bond motifs is 3. The van der Waals surface area contributed by atoms with Crippen LogP contribution in [0.25, 0.3) is 10.9 Å². The molecule has 23 heavy (non-hydrogen) atoms. The summed E-state index contributed by atoms with van der Waals surface area (Å²) in [4.78, 5) is 17.0. The number of hydrogen-bond acceptors (Lipinski definition) is 3. The first-order valence-electron chi connectivity index (χ1n) is 7.86. The van der Waals surface area contributed by atoms with E-state index in [-0.39, 0.29) is 0 Å². The van der Waals surface area contributed by atoms with Gasteiger partial charge in [-0.25, -0.2) is 4.79 Å². The van der Waals surface area contributed by atoms with Crippen LogP contribution in [0, 0.1) is 0 Å². The number of rotatable bonds is 4. The molecule has 1 aromatic carbocycles. The second-order valence-corrected chi connectivity index (χ2v) is 7.51. The molecule has 122 valence electrons. The van der Waals surface area contributed by atoms with Crippen molar-refractivity contribution in [1.29, 1.82) is 0 Å². The third kappa shape index (κ3) is 3.23. The lowest BCUT2D eigenvalue weighted by Crippen LogP contribution is -2.47.